The molecular formula is C23H23NO4S. The van der Waals surface area contributed by atoms with Crippen LogP contribution in [0.5, 0.6) is 0 Å². The number of likely N-dealkylation sites (tertiary alicyclic amines) is 1. The van der Waals surface area contributed by atoms with E-state index in [0.717, 1.165) is 12.8 Å². The predicted molar refractivity (Wildman–Crippen MR) is 110 cm³/mol. The van der Waals surface area contributed by atoms with Gasteiger partial charge in [0.1, 0.15) is 0 Å². The lowest BCUT2D eigenvalue weighted by atomic mass is 9.89. The largest absolute Gasteiger partial charge is 0.459 e. The minimum absolute atomic E-state index is 0.127. The van der Waals surface area contributed by atoms with Crippen molar-refractivity contribution in [1.29, 1.82) is 0 Å². The van der Waals surface area contributed by atoms with Gasteiger partial charge in [0.2, 0.25) is 0 Å². The fraction of sp³-hybridized carbons (Fsp3) is 0.261. The number of hydrogen-bond acceptors (Lipinski definition) is 4. The summed E-state index contributed by atoms with van der Waals surface area (Å²) in [4.78, 5) is 15.0. The third-order valence-corrected chi connectivity index (χ3v) is 7.12. The molecular weight excluding hydrogens is 386 g/mol. The fourth-order valence-corrected chi connectivity index (χ4v) is 5.21. The molecule has 4 rings (SSSR count). The molecule has 1 aliphatic heterocycles. The van der Waals surface area contributed by atoms with Gasteiger partial charge in [0.05, 0.1) is 16.9 Å². The fourth-order valence-electron chi connectivity index (χ4n) is 3.84. The molecule has 0 aliphatic carbocycles. The maximum Gasteiger partial charge on any atom is 0.289 e. The Bertz CT molecular complexity index is 1070. The number of amides is 1. The highest BCUT2D eigenvalue weighted by Crippen LogP contribution is 2.29. The first kappa shape index (κ1) is 19.5. The molecule has 0 bridgehead atoms. The van der Waals surface area contributed by atoms with Crippen molar-refractivity contribution in [3.8, 4) is 0 Å². The van der Waals surface area contributed by atoms with E-state index in [1.807, 2.05) is 18.2 Å². The molecule has 3 aromatic rings. The standard InChI is InChI=1S/C23H23NO4S/c25-23(24-14-11-19(12-15-24)18-7-3-1-4-8-18)22-20(13-16-28-22)17-29(26,27)21-9-5-2-6-10-21/h1-10,13,16,19H,11-12,14-15,17H2. The van der Waals surface area contributed by atoms with Crippen LogP contribution in [0.1, 0.15) is 40.4 Å². The number of sulfone groups is 1. The van der Waals surface area contributed by atoms with Crippen LogP contribution in [-0.2, 0) is 15.6 Å². The highest BCUT2D eigenvalue weighted by atomic mass is 32.2. The Morgan fingerprint density at radius 2 is 1.55 bits per heavy atom. The number of furan rings is 1. The molecule has 150 valence electrons. The second kappa shape index (κ2) is 8.25. The maximum atomic E-state index is 13.0. The molecule has 1 aromatic heterocycles. The smallest absolute Gasteiger partial charge is 0.289 e. The Morgan fingerprint density at radius 3 is 2.21 bits per heavy atom. The summed E-state index contributed by atoms with van der Waals surface area (Å²) in [6.45, 7) is 1.26. The molecule has 1 saturated heterocycles. The van der Waals surface area contributed by atoms with Crippen molar-refractivity contribution in [3.63, 3.8) is 0 Å². The molecule has 2 aromatic carbocycles. The normalized spacial score (nSPS) is 15.4. The molecule has 0 atom stereocenters. The summed E-state index contributed by atoms with van der Waals surface area (Å²) in [7, 11) is -3.55. The number of hydrogen-bond donors (Lipinski definition) is 0. The van der Waals surface area contributed by atoms with Crippen LogP contribution < -0.4 is 0 Å². The Hall–Kier alpha value is -2.86. The zero-order valence-electron chi connectivity index (χ0n) is 16.0. The van der Waals surface area contributed by atoms with Gasteiger partial charge in [-0.25, -0.2) is 8.42 Å². The lowest BCUT2D eigenvalue weighted by Gasteiger charge is -2.32. The lowest BCUT2D eigenvalue weighted by molar-refractivity contribution is 0.0679. The number of piperidine rings is 1. The minimum Gasteiger partial charge on any atom is -0.459 e. The van der Waals surface area contributed by atoms with Gasteiger partial charge in [-0.05, 0) is 42.5 Å². The van der Waals surface area contributed by atoms with Crippen molar-refractivity contribution < 1.29 is 17.6 Å². The molecule has 1 amide bonds. The second-order valence-corrected chi connectivity index (χ2v) is 9.31. The summed E-state index contributed by atoms with van der Waals surface area (Å²) in [5.41, 5.74) is 1.70. The lowest BCUT2D eigenvalue weighted by Crippen LogP contribution is -2.38. The minimum atomic E-state index is -3.55. The number of carbonyl (C=O) groups is 1. The zero-order chi connectivity index (χ0) is 20.3. The highest BCUT2D eigenvalue weighted by Gasteiger charge is 2.29. The Morgan fingerprint density at radius 1 is 0.931 bits per heavy atom. The Labute approximate surface area is 170 Å². The number of carbonyl (C=O) groups excluding carboxylic acids is 1. The molecule has 29 heavy (non-hydrogen) atoms. The van der Waals surface area contributed by atoms with Crippen LogP contribution in [0.4, 0.5) is 0 Å². The Kier molecular flexibility index (Phi) is 5.53. The van der Waals surface area contributed by atoms with Crippen LogP contribution in [-0.4, -0.2) is 32.3 Å². The molecule has 0 unspecified atom stereocenters. The number of rotatable bonds is 5. The van der Waals surface area contributed by atoms with Crippen molar-refractivity contribution >= 4 is 15.7 Å². The maximum absolute atomic E-state index is 13.0. The van der Waals surface area contributed by atoms with E-state index in [1.165, 1.54) is 11.8 Å². The van der Waals surface area contributed by atoms with Crippen molar-refractivity contribution in [2.45, 2.75) is 29.4 Å². The van der Waals surface area contributed by atoms with Gasteiger partial charge in [-0.2, -0.15) is 0 Å². The first-order chi connectivity index (χ1) is 14.0. The van der Waals surface area contributed by atoms with Gasteiger partial charge in [0.15, 0.2) is 15.6 Å². The summed E-state index contributed by atoms with van der Waals surface area (Å²) in [6, 6.07) is 20.2. The summed E-state index contributed by atoms with van der Waals surface area (Å²) < 4.78 is 30.8. The van der Waals surface area contributed by atoms with E-state index in [0.29, 0.717) is 24.6 Å². The van der Waals surface area contributed by atoms with Crippen molar-refractivity contribution in [1.82, 2.24) is 4.90 Å². The van der Waals surface area contributed by atoms with Gasteiger partial charge in [-0.3, -0.25) is 4.79 Å². The molecule has 0 spiro atoms. The first-order valence-electron chi connectivity index (χ1n) is 9.73. The van der Waals surface area contributed by atoms with Gasteiger partial charge in [-0.15, -0.1) is 0 Å². The van der Waals surface area contributed by atoms with E-state index >= 15 is 0 Å². The van der Waals surface area contributed by atoms with E-state index in [-0.39, 0.29) is 22.3 Å². The summed E-state index contributed by atoms with van der Waals surface area (Å²) in [5, 5.41) is 0. The number of nitrogens with zero attached hydrogens (tertiary/aromatic N) is 1. The van der Waals surface area contributed by atoms with Gasteiger partial charge in [0.25, 0.3) is 5.91 Å². The van der Waals surface area contributed by atoms with Crippen LogP contribution in [0.15, 0.2) is 82.3 Å². The molecule has 6 heteroatoms. The summed E-state index contributed by atoms with van der Waals surface area (Å²) in [6.07, 6.45) is 3.15. The quantitative estimate of drug-likeness (QED) is 0.631. The van der Waals surface area contributed by atoms with Crippen LogP contribution in [0.2, 0.25) is 0 Å². The molecule has 0 N–H and O–H groups in total. The molecule has 1 fully saturated rings. The van der Waals surface area contributed by atoms with Gasteiger partial charge in [0, 0.05) is 18.7 Å². The van der Waals surface area contributed by atoms with Crippen molar-refractivity contribution in [2.24, 2.45) is 0 Å². The molecule has 0 saturated carbocycles. The molecule has 5 nitrogen and oxygen atoms in total. The van der Waals surface area contributed by atoms with E-state index < -0.39 is 9.84 Å². The SMILES string of the molecule is O=C(c1occc1CS(=O)(=O)c1ccccc1)N1CCC(c2ccccc2)CC1. The van der Waals surface area contributed by atoms with Crippen molar-refractivity contribution in [3.05, 3.63) is 89.9 Å². The monoisotopic (exact) mass is 409 g/mol. The van der Waals surface area contributed by atoms with E-state index in [1.54, 1.807) is 41.3 Å². The number of benzene rings is 2. The summed E-state index contributed by atoms with van der Waals surface area (Å²) >= 11 is 0. The molecule has 2 heterocycles. The first-order valence-corrected chi connectivity index (χ1v) is 11.4. The van der Waals surface area contributed by atoms with E-state index in [4.69, 9.17) is 4.42 Å². The third kappa shape index (κ3) is 4.27. The van der Waals surface area contributed by atoms with Gasteiger partial charge >= 0.3 is 0 Å². The van der Waals surface area contributed by atoms with Crippen LogP contribution in [0.3, 0.4) is 0 Å². The zero-order valence-corrected chi connectivity index (χ0v) is 16.8. The molecule has 0 radical (unpaired) electrons. The highest BCUT2D eigenvalue weighted by molar-refractivity contribution is 7.90. The van der Waals surface area contributed by atoms with Gasteiger partial charge < -0.3 is 9.32 Å². The van der Waals surface area contributed by atoms with Crippen molar-refractivity contribution in [2.75, 3.05) is 13.1 Å². The predicted octanol–water partition coefficient (Wildman–Crippen LogP) is 4.27. The van der Waals surface area contributed by atoms with Crippen LogP contribution in [0.25, 0.3) is 0 Å². The topological polar surface area (TPSA) is 67.6 Å². The van der Waals surface area contributed by atoms with E-state index in [2.05, 4.69) is 12.1 Å². The average Bonchev–Trinajstić information content (AvgIpc) is 3.22. The summed E-state index contributed by atoms with van der Waals surface area (Å²) in [5.74, 6) is 0.0759. The average molecular weight is 410 g/mol. The second-order valence-electron chi connectivity index (χ2n) is 7.32. The van der Waals surface area contributed by atoms with Crippen LogP contribution >= 0.6 is 0 Å². The van der Waals surface area contributed by atoms with Gasteiger partial charge in [-0.1, -0.05) is 48.5 Å². The Balaban J connectivity index is 1.45. The van der Waals surface area contributed by atoms with Crippen LogP contribution in [0, 0.1) is 0 Å². The third-order valence-electron chi connectivity index (χ3n) is 5.44. The molecule has 1 aliphatic rings. The van der Waals surface area contributed by atoms with E-state index in [9.17, 15) is 13.2 Å².